The highest BCUT2D eigenvalue weighted by atomic mass is 16.5. The number of rotatable bonds is 5. The third-order valence-electron chi connectivity index (χ3n) is 5.89. The molecule has 7 heteroatoms. The lowest BCUT2D eigenvalue weighted by molar-refractivity contribution is 0.0766. The number of aromatic nitrogens is 1. The molecule has 3 heterocycles. The quantitative estimate of drug-likeness (QED) is 0.761. The summed E-state index contributed by atoms with van der Waals surface area (Å²) in [6, 6.07) is 9.00. The second-order valence-corrected chi connectivity index (χ2v) is 7.63. The van der Waals surface area contributed by atoms with Crippen molar-refractivity contribution in [2.24, 2.45) is 5.18 Å². The van der Waals surface area contributed by atoms with E-state index in [1.807, 2.05) is 26.0 Å². The van der Waals surface area contributed by atoms with Crippen LogP contribution in [0.2, 0.25) is 0 Å². The summed E-state index contributed by atoms with van der Waals surface area (Å²) >= 11 is 0. The molecule has 2 aromatic rings. The van der Waals surface area contributed by atoms with E-state index >= 15 is 0 Å². The van der Waals surface area contributed by atoms with Crippen LogP contribution >= 0.6 is 0 Å². The second-order valence-electron chi connectivity index (χ2n) is 7.63. The average molecular weight is 406 g/mol. The maximum Gasteiger partial charge on any atom is 0.272 e. The molecule has 1 aromatic heterocycles. The average Bonchev–Trinajstić information content (AvgIpc) is 2.79. The van der Waals surface area contributed by atoms with Gasteiger partial charge in [0.2, 0.25) is 0 Å². The van der Waals surface area contributed by atoms with Gasteiger partial charge in [-0.2, -0.15) is 0 Å². The molecular weight excluding hydrogens is 380 g/mol. The largest absolute Gasteiger partial charge is 0.482 e. The summed E-state index contributed by atoms with van der Waals surface area (Å²) < 4.78 is 6.38. The van der Waals surface area contributed by atoms with E-state index in [1.54, 1.807) is 29.3 Å². The van der Waals surface area contributed by atoms with Crippen molar-refractivity contribution < 1.29 is 9.53 Å². The number of amides is 1. The zero-order chi connectivity index (χ0) is 21.1. The van der Waals surface area contributed by atoms with E-state index in [4.69, 9.17) is 4.74 Å². The Balaban J connectivity index is 1.77. The first-order valence-corrected chi connectivity index (χ1v) is 10.5. The first kappa shape index (κ1) is 20.2. The van der Waals surface area contributed by atoms with Crippen molar-refractivity contribution in [2.75, 3.05) is 26.2 Å². The lowest BCUT2D eigenvalue weighted by Crippen LogP contribution is -2.46. The molecule has 1 amide bonds. The summed E-state index contributed by atoms with van der Waals surface area (Å²) in [6.45, 7) is 6.90. The van der Waals surface area contributed by atoms with E-state index in [-0.39, 0.29) is 5.91 Å². The van der Waals surface area contributed by atoms with Crippen molar-refractivity contribution in [2.45, 2.75) is 32.3 Å². The van der Waals surface area contributed by atoms with Crippen LogP contribution in [0.4, 0.5) is 5.69 Å². The minimum absolute atomic E-state index is 0.0852. The number of benzene rings is 1. The molecule has 0 saturated carbocycles. The van der Waals surface area contributed by atoms with Crippen molar-refractivity contribution in [1.29, 1.82) is 0 Å². The highest BCUT2D eigenvalue weighted by Gasteiger charge is 2.38. The van der Waals surface area contributed by atoms with Crippen molar-refractivity contribution in [1.82, 2.24) is 15.2 Å². The molecule has 1 spiro atoms. The number of hydrogen-bond donors (Lipinski definition) is 1. The zero-order valence-electron chi connectivity index (χ0n) is 17.4. The third kappa shape index (κ3) is 3.61. The van der Waals surface area contributed by atoms with Gasteiger partial charge in [-0.3, -0.25) is 9.78 Å². The Kier molecular flexibility index (Phi) is 5.63. The smallest absolute Gasteiger partial charge is 0.272 e. The summed E-state index contributed by atoms with van der Waals surface area (Å²) in [5, 5.41) is 6.59. The predicted octanol–water partition coefficient (Wildman–Crippen LogP) is 3.91. The number of nitroso groups, excluding NO2 is 1. The number of piperidine rings is 1. The SMILES string of the molecule is CCN(CC)C(=O)c1ccc(C2=CC3(CCNCC3)Oc3cccc(N=O)c32)cn1. The molecule has 30 heavy (non-hydrogen) atoms. The zero-order valence-corrected chi connectivity index (χ0v) is 17.4. The fourth-order valence-corrected chi connectivity index (χ4v) is 4.21. The van der Waals surface area contributed by atoms with Gasteiger partial charge >= 0.3 is 0 Å². The van der Waals surface area contributed by atoms with Gasteiger partial charge in [-0.25, -0.2) is 0 Å². The Morgan fingerprint density at radius 3 is 2.60 bits per heavy atom. The molecule has 2 aliphatic rings. The molecule has 0 radical (unpaired) electrons. The fraction of sp³-hybridized carbons (Fsp3) is 0.391. The van der Waals surface area contributed by atoms with Crippen LogP contribution in [0.1, 0.15) is 48.3 Å². The number of ether oxygens (including phenoxy) is 1. The third-order valence-corrected chi connectivity index (χ3v) is 5.89. The number of nitrogens with zero attached hydrogens (tertiary/aromatic N) is 3. The maximum atomic E-state index is 12.6. The minimum atomic E-state index is -0.426. The highest BCUT2D eigenvalue weighted by Crippen LogP contribution is 2.46. The van der Waals surface area contributed by atoms with Gasteiger partial charge in [0.25, 0.3) is 5.91 Å². The van der Waals surface area contributed by atoms with Crippen LogP contribution in [0.25, 0.3) is 5.57 Å². The highest BCUT2D eigenvalue weighted by molar-refractivity contribution is 5.94. The van der Waals surface area contributed by atoms with Crippen LogP contribution < -0.4 is 10.1 Å². The van der Waals surface area contributed by atoms with Crippen molar-refractivity contribution in [3.63, 3.8) is 0 Å². The Morgan fingerprint density at radius 1 is 1.20 bits per heavy atom. The van der Waals surface area contributed by atoms with Crippen LogP contribution in [-0.2, 0) is 0 Å². The maximum absolute atomic E-state index is 12.6. The number of pyridine rings is 1. The molecule has 0 atom stereocenters. The van der Waals surface area contributed by atoms with E-state index in [1.165, 1.54) is 0 Å². The molecular formula is C23H26N4O3. The molecule has 2 aliphatic heterocycles. The van der Waals surface area contributed by atoms with Gasteiger partial charge < -0.3 is 15.0 Å². The Labute approximate surface area is 176 Å². The summed E-state index contributed by atoms with van der Waals surface area (Å²) in [4.78, 5) is 30.3. The Hall–Kier alpha value is -3.06. The molecule has 1 fully saturated rings. The molecule has 7 nitrogen and oxygen atoms in total. The van der Waals surface area contributed by atoms with Gasteiger partial charge in [0.15, 0.2) is 0 Å². The lowest BCUT2D eigenvalue weighted by atomic mass is 9.83. The predicted molar refractivity (Wildman–Crippen MR) is 116 cm³/mol. The molecule has 0 unspecified atom stereocenters. The number of nitrogens with one attached hydrogen (secondary N) is 1. The molecule has 1 aromatic carbocycles. The standard InChI is InChI=1S/C23H26N4O3/c1-3-27(4-2)22(28)19-9-8-16(15-25-19)17-14-23(10-12-24-13-11-23)30-20-7-5-6-18(26-29)21(17)20/h5-9,14-15,24H,3-4,10-13H2,1-2H3. The molecule has 4 rings (SSSR count). The molecule has 1 saturated heterocycles. The van der Waals surface area contributed by atoms with E-state index in [0.717, 1.165) is 37.1 Å². The molecule has 156 valence electrons. The normalized spacial score (nSPS) is 16.9. The molecule has 0 aliphatic carbocycles. The second kappa shape index (κ2) is 8.36. The van der Waals surface area contributed by atoms with Crippen molar-refractivity contribution >= 4 is 17.2 Å². The summed E-state index contributed by atoms with van der Waals surface area (Å²) in [6.07, 6.45) is 5.48. The van der Waals surface area contributed by atoms with Crippen molar-refractivity contribution in [3.8, 4) is 5.75 Å². The van der Waals surface area contributed by atoms with E-state index < -0.39 is 5.60 Å². The van der Waals surface area contributed by atoms with Gasteiger partial charge in [-0.1, -0.05) is 12.1 Å². The van der Waals surface area contributed by atoms with Crippen LogP contribution in [0.15, 0.2) is 47.8 Å². The Morgan fingerprint density at radius 2 is 1.97 bits per heavy atom. The summed E-state index contributed by atoms with van der Waals surface area (Å²) in [5.74, 6) is 0.577. The minimum Gasteiger partial charge on any atom is -0.482 e. The van der Waals surface area contributed by atoms with Gasteiger partial charge in [0.05, 0.1) is 5.56 Å². The topological polar surface area (TPSA) is 83.9 Å². The van der Waals surface area contributed by atoms with Gasteiger partial charge in [-0.05, 0) is 62.0 Å². The van der Waals surface area contributed by atoms with Crippen LogP contribution in [0.3, 0.4) is 0 Å². The lowest BCUT2D eigenvalue weighted by Gasteiger charge is -2.40. The molecule has 0 bridgehead atoms. The summed E-state index contributed by atoms with van der Waals surface area (Å²) in [5.41, 5.74) is 2.72. The number of carbonyl (C=O) groups excluding carboxylic acids is 1. The van der Waals surface area contributed by atoms with E-state index in [9.17, 15) is 9.70 Å². The van der Waals surface area contributed by atoms with Gasteiger partial charge in [-0.15, -0.1) is 4.91 Å². The van der Waals surface area contributed by atoms with Crippen molar-refractivity contribution in [3.05, 3.63) is 64.3 Å². The monoisotopic (exact) mass is 406 g/mol. The number of hydrogen-bond acceptors (Lipinski definition) is 6. The van der Waals surface area contributed by atoms with E-state index in [0.29, 0.717) is 35.8 Å². The van der Waals surface area contributed by atoms with Gasteiger partial charge in [0.1, 0.15) is 22.7 Å². The Bertz CT molecular complexity index is 974. The first-order valence-electron chi connectivity index (χ1n) is 10.5. The number of carbonyl (C=O) groups is 1. The first-order chi connectivity index (χ1) is 14.6. The summed E-state index contributed by atoms with van der Waals surface area (Å²) in [7, 11) is 0. The van der Waals surface area contributed by atoms with Gasteiger partial charge in [0, 0.05) is 37.7 Å². The molecule has 1 N–H and O–H groups in total. The number of fused-ring (bicyclic) bond motifs is 1. The fourth-order valence-electron chi connectivity index (χ4n) is 4.21. The van der Waals surface area contributed by atoms with Crippen LogP contribution in [0, 0.1) is 4.91 Å². The van der Waals surface area contributed by atoms with Crippen LogP contribution in [-0.4, -0.2) is 47.6 Å². The van der Waals surface area contributed by atoms with E-state index in [2.05, 4.69) is 21.6 Å². The van der Waals surface area contributed by atoms with Crippen LogP contribution in [0.5, 0.6) is 5.75 Å².